The van der Waals surface area contributed by atoms with Gasteiger partial charge in [0, 0.05) is 35.0 Å². The third kappa shape index (κ3) is 5.89. The van der Waals surface area contributed by atoms with Crippen LogP contribution in [0.1, 0.15) is 51.4 Å². The van der Waals surface area contributed by atoms with E-state index >= 15 is 0 Å². The molecule has 0 saturated heterocycles. The zero-order valence-corrected chi connectivity index (χ0v) is 22.0. The van der Waals surface area contributed by atoms with E-state index in [1.807, 2.05) is 51.1 Å². The Labute approximate surface area is 221 Å². The first-order chi connectivity index (χ1) is 18.3. The smallest absolute Gasteiger partial charge is 0.256 e. The lowest BCUT2D eigenvalue weighted by atomic mass is 10.0. The number of allylic oxidation sites excluding steroid dienone is 1. The molecule has 0 aliphatic carbocycles. The second-order valence-corrected chi connectivity index (χ2v) is 9.16. The fourth-order valence-electron chi connectivity index (χ4n) is 4.47. The predicted octanol–water partition coefficient (Wildman–Crippen LogP) is 6.25. The van der Waals surface area contributed by atoms with E-state index in [0.29, 0.717) is 35.4 Å². The third-order valence-electron chi connectivity index (χ3n) is 6.41. The Kier molecular flexibility index (Phi) is 8.16. The van der Waals surface area contributed by atoms with Gasteiger partial charge >= 0.3 is 0 Å². The summed E-state index contributed by atoms with van der Waals surface area (Å²) in [6.45, 7) is 7.90. The Hall–Kier alpha value is -4.52. The van der Waals surface area contributed by atoms with E-state index in [0.717, 1.165) is 33.3 Å². The lowest BCUT2D eigenvalue weighted by molar-refractivity contribution is 0.0951. The number of aliphatic imine (C=N–C) groups is 1. The molecular formula is C31H31FN4O2. The molecule has 3 aromatic carbocycles. The molecule has 7 heteroatoms. The molecule has 6 nitrogen and oxygen atoms in total. The van der Waals surface area contributed by atoms with E-state index in [1.165, 1.54) is 6.07 Å². The van der Waals surface area contributed by atoms with Crippen molar-refractivity contribution in [1.29, 1.82) is 0 Å². The minimum Gasteiger partial charge on any atom is -0.356 e. The molecule has 0 aliphatic heterocycles. The number of carbonyl (C=O) groups is 2. The Morgan fingerprint density at radius 2 is 1.74 bits per heavy atom. The number of nitrogens with one attached hydrogen (secondary N) is 3. The highest BCUT2D eigenvalue weighted by atomic mass is 19.1. The molecule has 0 atom stereocenters. The van der Waals surface area contributed by atoms with Crippen LogP contribution in [0.5, 0.6) is 0 Å². The number of amidine groups is 1. The predicted molar refractivity (Wildman–Crippen MR) is 151 cm³/mol. The SMILES string of the molecule is C/C=C\N=C(C)NC(=O)c1cccc(-c2ccc(C(=O)NCCc3c(C)[nH]c4c(F)ccc(C)c34)cc2)c1. The summed E-state index contributed by atoms with van der Waals surface area (Å²) in [5.41, 5.74) is 6.24. The number of benzene rings is 3. The van der Waals surface area contributed by atoms with Crippen molar-refractivity contribution >= 4 is 28.6 Å². The van der Waals surface area contributed by atoms with Gasteiger partial charge in [-0.3, -0.25) is 9.59 Å². The number of rotatable bonds is 7. The molecule has 38 heavy (non-hydrogen) atoms. The third-order valence-corrected chi connectivity index (χ3v) is 6.41. The average Bonchev–Trinajstić information content (AvgIpc) is 3.26. The van der Waals surface area contributed by atoms with Crippen molar-refractivity contribution in [2.75, 3.05) is 6.54 Å². The molecule has 0 unspecified atom stereocenters. The Morgan fingerprint density at radius 3 is 2.47 bits per heavy atom. The summed E-state index contributed by atoms with van der Waals surface area (Å²) < 4.78 is 14.2. The second-order valence-electron chi connectivity index (χ2n) is 9.16. The lowest BCUT2D eigenvalue weighted by Crippen LogP contribution is -2.28. The number of hydrogen-bond acceptors (Lipinski definition) is 3. The van der Waals surface area contributed by atoms with Gasteiger partial charge in [-0.05, 0) is 86.7 Å². The molecule has 4 rings (SSSR count). The van der Waals surface area contributed by atoms with Crippen LogP contribution in [0, 0.1) is 19.7 Å². The van der Waals surface area contributed by atoms with Crippen molar-refractivity contribution in [3.63, 3.8) is 0 Å². The summed E-state index contributed by atoms with van der Waals surface area (Å²) in [6.07, 6.45) is 4.00. The monoisotopic (exact) mass is 510 g/mol. The standard InChI is InChI=1S/C31H31FN4O2/c1-5-16-33-21(4)36-31(38)25-8-6-7-24(18-25)22-10-12-23(13-11-22)30(37)34-17-15-26-20(3)35-29-27(32)14-9-19(2)28(26)29/h5-14,16,18,35H,15,17H2,1-4H3,(H,34,37)(H,33,36,38)/b16-5-. The van der Waals surface area contributed by atoms with Gasteiger partial charge in [-0.2, -0.15) is 0 Å². The Morgan fingerprint density at radius 1 is 0.974 bits per heavy atom. The van der Waals surface area contributed by atoms with E-state index in [4.69, 9.17) is 0 Å². The quantitative estimate of drug-likeness (QED) is 0.203. The first kappa shape index (κ1) is 26.5. The Bertz CT molecular complexity index is 1550. The fraction of sp³-hybridized carbons (Fsp3) is 0.194. The highest BCUT2D eigenvalue weighted by molar-refractivity contribution is 6.06. The van der Waals surface area contributed by atoms with Crippen LogP contribution in [0.3, 0.4) is 0 Å². The highest BCUT2D eigenvalue weighted by Gasteiger charge is 2.15. The summed E-state index contributed by atoms with van der Waals surface area (Å²) >= 11 is 0. The zero-order valence-electron chi connectivity index (χ0n) is 22.0. The molecule has 3 N–H and O–H groups in total. The zero-order chi connectivity index (χ0) is 27.2. The molecule has 0 bridgehead atoms. The van der Waals surface area contributed by atoms with Crippen LogP contribution in [0.15, 0.2) is 77.9 Å². The number of carbonyl (C=O) groups excluding carboxylic acids is 2. The van der Waals surface area contributed by atoms with E-state index in [-0.39, 0.29) is 17.6 Å². The van der Waals surface area contributed by atoms with E-state index in [2.05, 4.69) is 20.6 Å². The van der Waals surface area contributed by atoms with Crippen molar-refractivity contribution in [1.82, 2.24) is 15.6 Å². The van der Waals surface area contributed by atoms with Crippen LogP contribution in [0.25, 0.3) is 22.0 Å². The number of aryl methyl sites for hydroxylation is 2. The van der Waals surface area contributed by atoms with Gasteiger partial charge in [0.2, 0.25) is 0 Å². The van der Waals surface area contributed by atoms with Crippen LogP contribution >= 0.6 is 0 Å². The van der Waals surface area contributed by atoms with Crippen molar-refractivity contribution in [3.05, 3.63) is 107 Å². The maximum Gasteiger partial charge on any atom is 0.256 e. The van der Waals surface area contributed by atoms with Gasteiger partial charge in [-0.15, -0.1) is 0 Å². The van der Waals surface area contributed by atoms with Crippen LogP contribution < -0.4 is 10.6 Å². The van der Waals surface area contributed by atoms with Crippen LogP contribution in [-0.4, -0.2) is 29.2 Å². The summed E-state index contributed by atoms with van der Waals surface area (Å²) in [5, 5.41) is 6.62. The summed E-state index contributed by atoms with van der Waals surface area (Å²) in [5.74, 6) is -0.183. The molecule has 0 saturated carbocycles. The van der Waals surface area contributed by atoms with Crippen molar-refractivity contribution in [2.45, 2.75) is 34.1 Å². The van der Waals surface area contributed by atoms with Gasteiger partial charge < -0.3 is 15.6 Å². The molecule has 0 radical (unpaired) electrons. The molecule has 1 heterocycles. The van der Waals surface area contributed by atoms with Crippen LogP contribution in [-0.2, 0) is 6.42 Å². The number of nitrogens with zero attached hydrogens (tertiary/aromatic N) is 1. The van der Waals surface area contributed by atoms with Gasteiger partial charge in [0.05, 0.1) is 5.52 Å². The molecule has 2 amide bonds. The number of H-pyrrole nitrogens is 1. The summed E-state index contributed by atoms with van der Waals surface area (Å²) in [7, 11) is 0. The lowest BCUT2D eigenvalue weighted by Gasteiger charge is -2.09. The number of aromatic amines is 1. The van der Waals surface area contributed by atoms with E-state index < -0.39 is 0 Å². The number of fused-ring (bicyclic) bond motifs is 1. The number of halogens is 1. The van der Waals surface area contributed by atoms with Gasteiger partial charge in [0.1, 0.15) is 11.7 Å². The topological polar surface area (TPSA) is 86.3 Å². The average molecular weight is 511 g/mol. The molecule has 194 valence electrons. The minimum absolute atomic E-state index is 0.180. The molecule has 4 aromatic rings. The van der Waals surface area contributed by atoms with Gasteiger partial charge in [-0.25, -0.2) is 9.38 Å². The van der Waals surface area contributed by atoms with E-state index in [1.54, 1.807) is 43.5 Å². The van der Waals surface area contributed by atoms with Crippen molar-refractivity contribution in [3.8, 4) is 11.1 Å². The summed E-state index contributed by atoms with van der Waals surface area (Å²) in [6, 6.07) is 17.8. The molecule has 0 fully saturated rings. The first-order valence-corrected chi connectivity index (χ1v) is 12.5. The fourth-order valence-corrected chi connectivity index (χ4v) is 4.47. The molecular weight excluding hydrogens is 479 g/mol. The number of amides is 2. The van der Waals surface area contributed by atoms with Crippen molar-refractivity contribution < 1.29 is 14.0 Å². The summed E-state index contributed by atoms with van der Waals surface area (Å²) in [4.78, 5) is 32.6. The highest BCUT2D eigenvalue weighted by Crippen LogP contribution is 2.28. The number of hydrogen-bond donors (Lipinski definition) is 3. The number of aromatic nitrogens is 1. The van der Waals surface area contributed by atoms with Gasteiger partial charge in [0.15, 0.2) is 0 Å². The second kappa shape index (κ2) is 11.7. The van der Waals surface area contributed by atoms with Gasteiger partial charge in [0.25, 0.3) is 11.8 Å². The van der Waals surface area contributed by atoms with Crippen LogP contribution in [0.2, 0.25) is 0 Å². The minimum atomic E-state index is -0.274. The molecule has 0 aliphatic rings. The molecule has 0 spiro atoms. The maximum absolute atomic E-state index is 14.2. The van der Waals surface area contributed by atoms with E-state index in [9.17, 15) is 14.0 Å². The van der Waals surface area contributed by atoms with Gasteiger partial charge in [-0.1, -0.05) is 36.4 Å². The normalized spacial score (nSPS) is 11.8. The van der Waals surface area contributed by atoms with Crippen molar-refractivity contribution in [2.24, 2.45) is 4.99 Å². The first-order valence-electron chi connectivity index (χ1n) is 12.5. The maximum atomic E-state index is 14.2. The molecule has 1 aromatic heterocycles. The van der Waals surface area contributed by atoms with Crippen LogP contribution in [0.4, 0.5) is 4.39 Å². The largest absolute Gasteiger partial charge is 0.356 e. The Balaban J connectivity index is 1.40.